The Labute approximate surface area is 119 Å². The Morgan fingerprint density at radius 3 is 2.63 bits per heavy atom. The molecule has 2 rings (SSSR count). The molecular weight excluding hydrogens is 286 g/mol. The van der Waals surface area contributed by atoms with Crippen LogP contribution in [0.25, 0.3) is 0 Å². The van der Waals surface area contributed by atoms with Gasteiger partial charge in [-0.3, -0.25) is 4.68 Å². The molecule has 0 aromatic carbocycles. The van der Waals surface area contributed by atoms with Gasteiger partial charge in [0.2, 0.25) is 0 Å². The third-order valence-corrected chi connectivity index (χ3v) is 5.77. The van der Waals surface area contributed by atoms with Crippen LogP contribution in [-0.2, 0) is 22.9 Å². The highest BCUT2D eigenvalue weighted by Crippen LogP contribution is 2.21. The summed E-state index contributed by atoms with van der Waals surface area (Å²) in [5.74, 6) is 0.564. The van der Waals surface area contributed by atoms with Gasteiger partial charge in [-0.2, -0.15) is 5.10 Å². The highest BCUT2D eigenvalue weighted by molar-refractivity contribution is 7.91. The van der Waals surface area contributed by atoms with Crippen molar-refractivity contribution < 1.29 is 8.42 Å². The maximum atomic E-state index is 11.4. The monoisotopic (exact) mass is 305 g/mol. The normalized spacial score (nSPS) is 19.7. The van der Waals surface area contributed by atoms with Crippen molar-refractivity contribution in [1.82, 2.24) is 15.1 Å². The minimum absolute atomic E-state index is 0.250. The molecule has 0 atom stereocenters. The molecular formula is C12H20ClN3O2S. The second kappa shape index (κ2) is 5.81. The van der Waals surface area contributed by atoms with Crippen molar-refractivity contribution in [2.45, 2.75) is 45.8 Å². The zero-order valence-corrected chi connectivity index (χ0v) is 12.9. The van der Waals surface area contributed by atoms with E-state index in [9.17, 15) is 8.42 Å². The van der Waals surface area contributed by atoms with E-state index in [4.69, 9.17) is 11.6 Å². The lowest BCUT2D eigenvalue weighted by Crippen LogP contribution is -2.37. The Balaban J connectivity index is 1.96. The summed E-state index contributed by atoms with van der Waals surface area (Å²) in [6.45, 7) is 5.34. The number of sulfone groups is 1. The summed E-state index contributed by atoms with van der Waals surface area (Å²) in [4.78, 5) is 0. The van der Waals surface area contributed by atoms with Crippen LogP contribution in [0.2, 0.25) is 5.02 Å². The molecule has 0 amide bonds. The van der Waals surface area contributed by atoms with E-state index in [0.29, 0.717) is 24.4 Å². The average molecular weight is 306 g/mol. The molecule has 7 heteroatoms. The van der Waals surface area contributed by atoms with Crippen molar-refractivity contribution in [3.05, 3.63) is 16.4 Å². The van der Waals surface area contributed by atoms with Crippen LogP contribution >= 0.6 is 11.6 Å². The number of hydrogen-bond acceptors (Lipinski definition) is 4. The summed E-state index contributed by atoms with van der Waals surface area (Å²) < 4.78 is 24.6. The molecule has 0 bridgehead atoms. The fourth-order valence-electron chi connectivity index (χ4n) is 2.37. The molecule has 1 N–H and O–H groups in total. The fraction of sp³-hybridized carbons (Fsp3) is 0.750. The summed E-state index contributed by atoms with van der Waals surface area (Å²) in [5.41, 5.74) is 1.82. The molecule has 5 nitrogen and oxygen atoms in total. The second-order valence-electron chi connectivity index (χ2n) is 4.97. The number of aromatic nitrogens is 2. The summed E-state index contributed by atoms with van der Waals surface area (Å²) in [7, 11) is -2.80. The first-order chi connectivity index (χ1) is 8.93. The van der Waals surface area contributed by atoms with Gasteiger partial charge < -0.3 is 5.32 Å². The molecule has 0 saturated carbocycles. The van der Waals surface area contributed by atoms with Crippen LogP contribution in [0.5, 0.6) is 0 Å². The van der Waals surface area contributed by atoms with E-state index in [0.717, 1.165) is 17.9 Å². The van der Waals surface area contributed by atoms with Gasteiger partial charge in [-0.25, -0.2) is 8.42 Å². The molecule has 1 aliphatic rings. The molecule has 0 unspecified atom stereocenters. The lowest BCUT2D eigenvalue weighted by Gasteiger charge is -2.23. The zero-order chi connectivity index (χ0) is 14.0. The van der Waals surface area contributed by atoms with Gasteiger partial charge in [-0.15, -0.1) is 0 Å². The van der Waals surface area contributed by atoms with E-state index in [2.05, 4.69) is 10.4 Å². The van der Waals surface area contributed by atoms with Crippen LogP contribution in [-0.4, -0.2) is 35.7 Å². The highest BCUT2D eigenvalue weighted by Gasteiger charge is 2.23. The molecule has 19 heavy (non-hydrogen) atoms. The van der Waals surface area contributed by atoms with Gasteiger partial charge in [0, 0.05) is 19.1 Å². The summed E-state index contributed by atoms with van der Waals surface area (Å²) in [5, 5.41) is 8.47. The quantitative estimate of drug-likeness (QED) is 0.916. The number of rotatable bonds is 4. The van der Waals surface area contributed by atoms with Crippen molar-refractivity contribution in [1.29, 1.82) is 0 Å². The molecule has 2 heterocycles. The molecule has 0 spiro atoms. The van der Waals surface area contributed by atoms with E-state index in [1.54, 1.807) is 0 Å². The Morgan fingerprint density at radius 2 is 2.05 bits per heavy atom. The van der Waals surface area contributed by atoms with Gasteiger partial charge in [0.05, 0.1) is 27.9 Å². The molecule has 1 saturated heterocycles. The number of hydrogen-bond donors (Lipinski definition) is 1. The van der Waals surface area contributed by atoms with Crippen LogP contribution < -0.4 is 5.32 Å². The lowest BCUT2D eigenvalue weighted by atomic mass is 10.1. The van der Waals surface area contributed by atoms with Gasteiger partial charge in [-0.1, -0.05) is 11.6 Å². The largest absolute Gasteiger partial charge is 0.308 e. The van der Waals surface area contributed by atoms with Gasteiger partial charge in [0.15, 0.2) is 0 Å². The van der Waals surface area contributed by atoms with Crippen molar-refractivity contribution in [2.24, 2.45) is 0 Å². The van der Waals surface area contributed by atoms with Crippen molar-refractivity contribution in [3.8, 4) is 0 Å². The van der Waals surface area contributed by atoms with E-state index in [1.807, 2.05) is 18.5 Å². The third kappa shape index (κ3) is 3.49. The smallest absolute Gasteiger partial charge is 0.150 e. The van der Waals surface area contributed by atoms with E-state index in [1.165, 1.54) is 0 Å². The van der Waals surface area contributed by atoms with E-state index < -0.39 is 9.84 Å². The Hall–Kier alpha value is -0.590. The maximum absolute atomic E-state index is 11.4. The Morgan fingerprint density at radius 1 is 1.42 bits per heavy atom. The molecule has 1 aromatic heterocycles. The molecule has 1 aromatic rings. The van der Waals surface area contributed by atoms with Gasteiger partial charge >= 0.3 is 0 Å². The van der Waals surface area contributed by atoms with Gasteiger partial charge in [0.1, 0.15) is 9.84 Å². The minimum Gasteiger partial charge on any atom is -0.308 e. The SMILES string of the molecule is CCn1nc(C)c(Cl)c1CNC1CCS(=O)(=O)CC1. The minimum atomic E-state index is -2.80. The van der Waals surface area contributed by atoms with Gasteiger partial charge in [0.25, 0.3) is 0 Å². The van der Waals surface area contributed by atoms with Crippen molar-refractivity contribution in [3.63, 3.8) is 0 Å². The topological polar surface area (TPSA) is 64.0 Å². The summed E-state index contributed by atoms with van der Waals surface area (Å²) >= 11 is 6.24. The number of nitrogens with one attached hydrogen (secondary N) is 1. The van der Waals surface area contributed by atoms with Crippen LogP contribution in [0.15, 0.2) is 0 Å². The van der Waals surface area contributed by atoms with Crippen LogP contribution in [0.1, 0.15) is 31.2 Å². The predicted octanol–water partition coefficient (Wildman–Crippen LogP) is 1.53. The van der Waals surface area contributed by atoms with E-state index in [-0.39, 0.29) is 17.5 Å². The fourth-order valence-corrected chi connectivity index (χ4v) is 4.07. The number of nitrogens with zero attached hydrogens (tertiary/aromatic N) is 2. The summed E-state index contributed by atoms with van der Waals surface area (Å²) in [6.07, 6.45) is 1.36. The predicted molar refractivity (Wildman–Crippen MR) is 76.2 cm³/mol. The highest BCUT2D eigenvalue weighted by atomic mass is 35.5. The lowest BCUT2D eigenvalue weighted by molar-refractivity contribution is 0.451. The van der Waals surface area contributed by atoms with Gasteiger partial charge in [-0.05, 0) is 26.7 Å². The molecule has 0 aliphatic carbocycles. The average Bonchev–Trinajstić information content (AvgIpc) is 2.64. The first-order valence-corrected chi connectivity index (χ1v) is 8.78. The van der Waals surface area contributed by atoms with Crippen molar-refractivity contribution in [2.75, 3.05) is 11.5 Å². The number of halogens is 1. The summed E-state index contributed by atoms with van der Waals surface area (Å²) in [6, 6.07) is 0.250. The first kappa shape index (κ1) is 14.8. The van der Waals surface area contributed by atoms with Crippen LogP contribution in [0.3, 0.4) is 0 Å². The molecule has 1 fully saturated rings. The standard InChI is InChI=1S/C12H20ClN3O2S/c1-3-16-11(12(13)9(2)15-16)8-14-10-4-6-19(17,18)7-5-10/h10,14H,3-8H2,1-2H3. The van der Waals surface area contributed by atoms with Crippen LogP contribution in [0, 0.1) is 6.92 Å². The third-order valence-electron chi connectivity index (χ3n) is 3.57. The Bertz CT molecular complexity index is 540. The molecule has 108 valence electrons. The van der Waals surface area contributed by atoms with E-state index >= 15 is 0 Å². The maximum Gasteiger partial charge on any atom is 0.150 e. The zero-order valence-electron chi connectivity index (χ0n) is 11.3. The van der Waals surface area contributed by atoms with Crippen molar-refractivity contribution >= 4 is 21.4 Å². The molecule has 1 aliphatic heterocycles. The second-order valence-corrected chi connectivity index (χ2v) is 7.65. The number of aryl methyl sites for hydroxylation is 2. The Kier molecular flexibility index (Phi) is 4.53. The molecule has 0 radical (unpaired) electrons. The van der Waals surface area contributed by atoms with Crippen LogP contribution in [0.4, 0.5) is 0 Å². The first-order valence-electron chi connectivity index (χ1n) is 6.58.